The number of primary amides is 1. The van der Waals surface area contributed by atoms with E-state index in [1.165, 1.54) is 6.92 Å². The molecule has 5 N–H and O–H groups in total. The number of nitrogens with one attached hydrogen (secondary N) is 1. The third-order valence-electron chi connectivity index (χ3n) is 2.90. The molecule has 2 amide bonds. The molecule has 3 atom stereocenters. The van der Waals surface area contributed by atoms with Crippen LogP contribution in [0, 0.1) is 0 Å². The van der Waals surface area contributed by atoms with Gasteiger partial charge in [-0.1, -0.05) is 6.42 Å². The van der Waals surface area contributed by atoms with Crippen LogP contribution in [-0.2, 0) is 9.59 Å². The zero-order valence-corrected chi connectivity index (χ0v) is 11.0. The Morgan fingerprint density at radius 3 is 2.71 bits per heavy atom. The van der Waals surface area contributed by atoms with E-state index >= 15 is 0 Å². The molecule has 1 saturated heterocycles. The molecule has 1 rings (SSSR count). The zero-order valence-electron chi connectivity index (χ0n) is 10.1. The average Bonchev–Trinajstić information content (AvgIpc) is 2.55. The molecule has 0 aromatic rings. The number of carbonyl (C=O) groups is 2. The van der Waals surface area contributed by atoms with Crippen molar-refractivity contribution in [2.75, 3.05) is 5.75 Å². The Kier molecular flexibility index (Phi) is 5.77. The summed E-state index contributed by atoms with van der Waals surface area (Å²) in [6.07, 6.45) is 3.17. The molecule has 0 radical (unpaired) electrons. The Balaban J connectivity index is 2.31. The normalized spacial score (nSPS) is 28.0. The highest BCUT2D eigenvalue weighted by Gasteiger charge is 2.34. The summed E-state index contributed by atoms with van der Waals surface area (Å²) in [6, 6.07) is 0.0936. The van der Waals surface area contributed by atoms with Crippen molar-refractivity contribution in [3.63, 3.8) is 0 Å². The van der Waals surface area contributed by atoms with Crippen LogP contribution in [0.4, 0.5) is 0 Å². The van der Waals surface area contributed by atoms with E-state index in [4.69, 9.17) is 11.5 Å². The van der Waals surface area contributed by atoms with Gasteiger partial charge in [-0.15, -0.1) is 0 Å². The molecule has 1 heterocycles. The number of unbranched alkanes of at least 4 members (excludes halogenated alkanes) is 1. The molecule has 1 aliphatic rings. The maximum absolute atomic E-state index is 11.1. The Morgan fingerprint density at radius 1 is 1.41 bits per heavy atom. The lowest BCUT2D eigenvalue weighted by molar-refractivity contribution is -0.120. The Morgan fingerprint density at radius 2 is 2.12 bits per heavy atom. The van der Waals surface area contributed by atoms with E-state index in [0.717, 1.165) is 25.0 Å². The van der Waals surface area contributed by atoms with Gasteiger partial charge in [0.15, 0.2) is 0 Å². The van der Waals surface area contributed by atoms with E-state index in [1.54, 1.807) is 11.8 Å². The minimum Gasteiger partial charge on any atom is -0.370 e. The SMILES string of the molecule is CC(=O)NC1C(N)CSC1CCCCC(N)=O. The highest BCUT2D eigenvalue weighted by atomic mass is 32.2. The summed E-state index contributed by atoms with van der Waals surface area (Å²) in [5, 5.41) is 3.28. The first-order chi connectivity index (χ1) is 8.00. The largest absolute Gasteiger partial charge is 0.370 e. The Bertz CT molecular complexity index is 286. The number of rotatable bonds is 6. The Labute approximate surface area is 106 Å². The average molecular weight is 259 g/mol. The van der Waals surface area contributed by atoms with Gasteiger partial charge in [0.1, 0.15) is 0 Å². The van der Waals surface area contributed by atoms with E-state index in [9.17, 15) is 9.59 Å². The molecule has 5 nitrogen and oxygen atoms in total. The summed E-state index contributed by atoms with van der Waals surface area (Å²) in [6.45, 7) is 1.51. The first kappa shape index (κ1) is 14.3. The van der Waals surface area contributed by atoms with Crippen LogP contribution < -0.4 is 16.8 Å². The van der Waals surface area contributed by atoms with Crippen LogP contribution in [0.1, 0.15) is 32.6 Å². The van der Waals surface area contributed by atoms with Crippen LogP contribution in [-0.4, -0.2) is 34.9 Å². The van der Waals surface area contributed by atoms with Crippen molar-refractivity contribution >= 4 is 23.6 Å². The fourth-order valence-electron chi connectivity index (χ4n) is 2.06. The molecule has 98 valence electrons. The van der Waals surface area contributed by atoms with E-state index in [0.29, 0.717) is 11.7 Å². The molecule has 0 bridgehead atoms. The molecule has 17 heavy (non-hydrogen) atoms. The van der Waals surface area contributed by atoms with Crippen LogP contribution in [0.2, 0.25) is 0 Å². The van der Waals surface area contributed by atoms with Crippen molar-refractivity contribution in [2.45, 2.75) is 49.9 Å². The molecule has 3 unspecified atom stereocenters. The first-order valence-electron chi connectivity index (χ1n) is 5.93. The number of carbonyl (C=O) groups excluding carboxylic acids is 2. The summed E-state index contributed by atoms with van der Waals surface area (Å²) in [4.78, 5) is 21.7. The number of nitrogens with two attached hydrogens (primary N) is 2. The lowest BCUT2D eigenvalue weighted by Crippen LogP contribution is -2.49. The summed E-state index contributed by atoms with van der Waals surface area (Å²) < 4.78 is 0. The second-order valence-electron chi connectivity index (χ2n) is 4.47. The monoisotopic (exact) mass is 259 g/mol. The predicted octanol–water partition coefficient (Wildman–Crippen LogP) is -0.0205. The van der Waals surface area contributed by atoms with E-state index < -0.39 is 0 Å². The molecule has 6 heteroatoms. The quantitative estimate of drug-likeness (QED) is 0.584. The highest BCUT2D eigenvalue weighted by Crippen LogP contribution is 2.30. The van der Waals surface area contributed by atoms with Crippen molar-refractivity contribution in [1.29, 1.82) is 0 Å². The van der Waals surface area contributed by atoms with Crippen LogP contribution in [0.3, 0.4) is 0 Å². The maximum atomic E-state index is 11.1. The van der Waals surface area contributed by atoms with Crippen LogP contribution in [0.15, 0.2) is 0 Å². The molecule has 1 fully saturated rings. The maximum Gasteiger partial charge on any atom is 0.217 e. The van der Waals surface area contributed by atoms with E-state index in [-0.39, 0.29) is 23.9 Å². The fourth-order valence-corrected chi connectivity index (χ4v) is 3.55. The molecule has 1 aliphatic heterocycles. The van der Waals surface area contributed by atoms with Crippen molar-refractivity contribution < 1.29 is 9.59 Å². The predicted molar refractivity (Wildman–Crippen MR) is 69.5 cm³/mol. The number of hydrogen-bond donors (Lipinski definition) is 3. The molecular formula is C11H21N3O2S. The summed E-state index contributed by atoms with van der Waals surface area (Å²) in [5.41, 5.74) is 11.0. The number of thioether (sulfide) groups is 1. The highest BCUT2D eigenvalue weighted by molar-refractivity contribution is 8.00. The van der Waals surface area contributed by atoms with E-state index in [1.807, 2.05) is 0 Å². The van der Waals surface area contributed by atoms with E-state index in [2.05, 4.69) is 5.32 Å². The second-order valence-corrected chi connectivity index (χ2v) is 5.75. The minimum atomic E-state index is -0.251. The minimum absolute atomic E-state index is 0.0323. The fraction of sp³-hybridized carbons (Fsp3) is 0.818. The van der Waals surface area contributed by atoms with Crippen LogP contribution in [0.25, 0.3) is 0 Å². The van der Waals surface area contributed by atoms with Crippen molar-refractivity contribution in [2.24, 2.45) is 11.5 Å². The molecule has 0 spiro atoms. The lowest BCUT2D eigenvalue weighted by atomic mass is 10.0. The summed E-state index contributed by atoms with van der Waals surface area (Å²) in [7, 11) is 0. The van der Waals surface area contributed by atoms with Gasteiger partial charge < -0.3 is 16.8 Å². The third-order valence-corrected chi connectivity index (χ3v) is 4.43. The van der Waals surface area contributed by atoms with Crippen molar-refractivity contribution in [3.8, 4) is 0 Å². The molecular weight excluding hydrogens is 238 g/mol. The lowest BCUT2D eigenvalue weighted by Gasteiger charge is -2.22. The van der Waals surface area contributed by atoms with Gasteiger partial charge in [0.2, 0.25) is 11.8 Å². The van der Waals surface area contributed by atoms with Crippen LogP contribution in [0.5, 0.6) is 0 Å². The van der Waals surface area contributed by atoms with Crippen LogP contribution >= 0.6 is 11.8 Å². The van der Waals surface area contributed by atoms with Crippen molar-refractivity contribution in [1.82, 2.24) is 5.32 Å². The smallest absolute Gasteiger partial charge is 0.217 e. The summed E-state index contributed by atoms with van der Waals surface area (Å²) >= 11 is 1.80. The molecule has 0 aliphatic carbocycles. The van der Waals surface area contributed by atoms with Gasteiger partial charge in [-0.05, 0) is 12.8 Å². The number of amides is 2. The van der Waals surface area contributed by atoms with Gasteiger partial charge in [-0.2, -0.15) is 11.8 Å². The van der Waals surface area contributed by atoms with Gasteiger partial charge in [-0.25, -0.2) is 0 Å². The van der Waals surface area contributed by atoms with Gasteiger partial charge in [-0.3, -0.25) is 9.59 Å². The second kappa shape index (κ2) is 6.86. The standard InChI is InChI=1S/C11H21N3O2S/c1-7(15)14-11-8(12)6-17-9(11)4-2-3-5-10(13)16/h8-9,11H,2-6,12H2,1H3,(H2,13,16)(H,14,15). The third kappa shape index (κ3) is 4.95. The van der Waals surface area contributed by atoms with Gasteiger partial charge in [0.05, 0.1) is 6.04 Å². The molecule has 0 aromatic carbocycles. The topological polar surface area (TPSA) is 98.2 Å². The molecule has 0 saturated carbocycles. The van der Waals surface area contributed by atoms with Gasteiger partial charge in [0.25, 0.3) is 0 Å². The Hall–Kier alpha value is -0.750. The molecule has 0 aromatic heterocycles. The zero-order chi connectivity index (χ0) is 12.8. The van der Waals surface area contributed by atoms with Gasteiger partial charge in [0, 0.05) is 30.4 Å². The van der Waals surface area contributed by atoms with Crippen molar-refractivity contribution in [3.05, 3.63) is 0 Å². The van der Waals surface area contributed by atoms with Gasteiger partial charge >= 0.3 is 0 Å². The summed E-state index contributed by atoms with van der Waals surface area (Å²) in [5.74, 6) is 0.597. The first-order valence-corrected chi connectivity index (χ1v) is 6.98. The number of hydrogen-bond acceptors (Lipinski definition) is 4.